The first-order chi connectivity index (χ1) is 8.13. The lowest BCUT2D eigenvalue weighted by Crippen LogP contribution is -2.56. The Bertz CT molecular complexity index is 350. The SMILES string of the molecule is CCN(C(=O)NCC1CC1(C)C)C(C)(C)C(=O)O. The summed E-state index contributed by atoms with van der Waals surface area (Å²) in [6.45, 7) is 10.2. The minimum atomic E-state index is -1.18. The second kappa shape index (κ2) is 4.78. The Labute approximate surface area is 109 Å². The van der Waals surface area contributed by atoms with E-state index in [0.717, 1.165) is 6.42 Å². The van der Waals surface area contributed by atoms with E-state index < -0.39 is 11.5 Å². The zero-order valence-electron chi connectivity index (χ0n) is 11.9. The fraction of sp³-hybridized carbons (Fsp3) is 0.846. The number of hydrogen-bond acceptors (Lipinski definition) is 2. The molecule has 1 aliphatic carbocycles. The van der Waals surface area contributed by atoms with Crippen molar-refractivity contribution in [2.24, 2.45) is 11.3 Å². The maximum Gasteiger partial charge on any atom is 0.329 e. The van der Waals surface area contributed by atoms with E-state index in [-0.39, 0.29) is 6.03 Å². The number of carbonyl (C=O) groups excluding carboxylic acids is 1. The largest absolute Gasteiger partial charge is 0.480 e. The number of rotatable bonds is 5. The van der Waals surface area contributed by atoms with Crippen LogP contribution in [-0.4, -0.2) is 40.6 Å². The standard InChI is InChI=1S/C13H24N2O3/c1-6-15(13(4,5)10(16)17)11(18)14-8-9-7-12(9,2)3/h9H,6-8H2,1-5H3,(H,14,18)(H,16,17). The van der Waals surface area contributed by atoms with Gasteiger partial charge in [0, 0.05) is 13.1 Å². The molecule has 0 spiro atoms. The van der Waals surface area contributed by atoms with Crippen LogP contribution in [0.5, 0.6) is 0 Å². The van der Waals surface area contributed by atoms with Gasteiger partial charge in [0.15, 0.2) is 0 Å². The molecule has 0 aromatic heterocycles. The van der Waals surface area contributed by atoms with Gasteiger partial charge in [-0.3, -0.25) is 0 Å². The van der Waals surface area contributed by atoms with E-state index in [1.807, 2.05) is 0 Å². The molecule has 1 atom stereocenters. The van der Waals surface area contributed by atoms with E-state index in [4.69, 9.17) is 5.11 Å². The highest BCUT2D eigenvalue weighted by atomic mass is 16.4. The number of likely N-dealkylation sites (N-methyl/N-ethyl adjacent to an activating group) is 1. The molecule has 1 saturated carbocycles. The Balaban J connectivity index is 2.55. The molecule has 1 unspecified atom stereocenters. The zero-order valence-corrected chi connectivity index (χ0v) is 11.9. The highest BCUT2D eigenvalue weighted by Crippen LogP contribution is 2.50. The Kier molecular flexibility index (Phi) is 3.93. The summed E-state index contributed by atoms with van der Waals surface area (Å²) in [4.78, 5) is 24.5. The van der Waals surface area contributed by atoms with E-state index in [0.29, 0.717) is 24.4 Å². The van der Waals surface area contributed by atoms with E-state index in [1.54, 1.807) is 20.8 Å². The van der Waals surface area contributed by atoms with Crippen LogP contribution in [-0.2, 0) is 4.79 Å². The smallest absolute Gasteiger partial charge is 0.329 e. The molecular formula is C13H24N2O3. The van der Waals surface area contributed by atoms with Crippen molar-refractivity contribution in [1.29, 1.82) is 0 Å². The number of carboxylic acids is 1. The molecule has 2 amide bonds. The van der Waals surface area contributed by atoms with Gasteiger partial charge in [-0.2, -0.15) is 0 Å². The predicted molar refractivity (Wildman–Crippen MR) is 69.4 cm³/mol. The third kappa shape index (κ3) is 2.94. The van der Waals surface area contributed by atoms with Gasteiger partial charge >= 0.3 is 12.0 Å². The second-order valence-electron chi connectivity index (χ2n) is 6.18. The van der Waals surface area contributed by atoms with Crippen molar-refractivity contribution in [2.45, 2.75) is 46.6 Å². The summed E-state index contributed by atoms with van der Waals surface area (Å²) in [6, 6.07) is -0.299. The number of carboxylic acid groups (broad SMARTS) is 1. The summed E-state index contributed by atoms with van der Waals surface area (Å²) in [6.07, 6.45) is 1.11. The van der Waals surface area contributed by atoms with Crippen LogP contribution in [0.15, 0.2) is 0 Å². The Morgan fingerprint density at radius 3 is 2.28 bits per heavy atom. The number of carbonyl (C=O) groups is 2. The van der Waals surface area contributed by atoms with Gasteiger partial charge < -0.3 is 15.3 Å². The molecule has 0 radical (unpaired) electrons. The molecule has 0 heterocycles. The number of hydrogen-bond donors (Lipinski definition) is 2. The number of amides is 2. The van der Waals surface area contributed by atoms with Crippen LogP contribution >= 0.6 is 0 Å². The van der Waals surface area contributed by atoms with Crippen LogP contribution in [0, 0.1) is 11.3 Å². The average molecular weight is 256 g/mol. The van der Waals surface area contributed by atoms with Crippen molar-refractivity contribution < 1.29 is 14.7 Å². The molecule has 1 fully saturated rings. The molecular weight excluding hydrogens is 232 g/mol. The van der Waals surface area contributed by atoms with Crippen LogP contribution in [0.2, 0.25) is 0 Å². The zero-order chi connectivity index (χ0) is 14.1. The predicted octanol–water partition coefficient (Wildman–Crippen LogP) is 1.93. The lowest BCUT2D eigenvalue weighted by molar-refractivity contribution is -0.147. The minimum Gasteiger partial charge on any atom is -0.480 e. The summed E-state index contributed by atoms with van der Waals surface area (Å²) in [7, 11) is 0. The van der Waals surface area contributed by atoms with Crippen LogP contribution in [0.3, 0.4) is 0 Å². The monoisotopic (exact) mass is 256 g/mol. The van der Waals surface area contributed by atoms with Gasteiger partial charge in [-0.15, -0.1) is 0 Å². The number of aliphatic carboxylic acids is 1. The Morgan fingerprint density at radius 2 is 1.94 bits per heavy atom. The number of nitrogens with one attached hydrogen (secondary N) is 1. The van der Waals surface area contributed by atoms with Gasteiger partial charge in [-0.1, -0.05) is 13.8 Å². The van der Waals surface area contributed by atoms with Gasteiger partial charge in [0.1, 0.15) is 5.54 Å². The molecule has 18 heavy (non-hydrogen) atoms. The highest BCUT2D eigenvalue weighted by molar-refractivity contribution is 5.85. The van der Waals surface area contributed by atoms with Gasteiger partial charge in [-0.25, -0.2) is 9.59 Å². The summed E-state index contributed by atoms with van der Waals surface area (Å²) in [5, 5.41) is 12.0. The van der Waals surface area contributed by atoms with Gasteiger partial charge in [0.05, 0.1) is 0 Å². The van der Waals surface area contributed by atoms with Gasteiger partial charge in [0.25, 0.3) is 0 Å². The van der Waals surface area contributed by atoms with E-state index in [2.05, 4.69) is 19.2 Å². The first kappa shape index (κ1) is 14.8. The molecule has 0 saturated heterocycles. The summed E-state index contributed by atoms with van der Waals surface area (Å²) < 4.78 is 0. The number of urea groups is 1. The van der Waals surface area contributed by atoms with Gasteiger partial charge in [-0.05, 0) is 38.5 Å². The van der Waals surface area contributed by atoms with Crippen LogP contribution in [0.25, 0.3) is 0 Å². The van der Waals surface area contributed by atoms with Crippen molar-refractivity contribution >= 4 is 12.0 Å². The molecule has 2 N–H and O–H groups in total. The van der Waals surface area contributed by atoms with Crippen LogP contribution in [0.4, 0.5) is 4.79 Å². The first-order valence-corrected chi connectivity index (χ1v) is 6.41. The lowest BCUT2D eigenvalue weighted by atomic mass is 10.0. The normalized spacial score (nSPS) is 21.3. The van der Waals surface area contributed by atoms with E-state index >= 15 is 0 Å². The molecule has 0 bridgehead atoms. The lowest BCUT2D eigenvalue weighted by Gasteiger charge is -2.34. The fourth-order valence-electron chi connectivity index (χ4n) is 2.14. The van der Waals surface area contributed by atoms with Crippen molar-refractivity contribution in [3.8, 4) is 0 Å². The molecule has 1 aliphatic rings. The van der Waals surface area contributed by atoms with Crippen LogP contribution < -0.4 is 5.32 Å². The molecule has 5 nitrogen and oxygen atoms in total. The summed E-state index contributed by atoms with van der Waals surface area (Å²) in [5.41, 5.74) is -0.870. The average Bonchev–Trinajstić information content (AvgIpc) is 2.84. The summed E-state index contributed by atoms with van der Waals surface area (Å²) in [5.74, 6) is -0.487. The van der Waals surface area contributed by atoms with Crippen LogP contribution in [0.1, 0.15) is 41.0 Å². The Hall–Kier alpha value is -1.26. The van der Waals surface area contributed by atoms with Crippen molar-refractivity contribution in [3.63, 3.8) is 0 Å². The molecule has 0 aromatic carbocycles. The topological polar surface area (TPSA) is 69.6 Å². The molecule has 1 rings (SSSR count). The third-order valence-electron chi connectivity index (χ3n) is 3.98. The van der Waals surface area contributed by atoms with Crippen molar-refractivity contribution in [1.82, 2.24) is 10.2 Å². The fourth-order valence-corrected chi connectivity index (χ4v) is 2.14. The Morgan fingerprint density at radius 1 is 1.44 bits per heavy atom. The number of nitrogens with zero attached hydrogens (tertiary/aromatic N) is 1. The third-order valence-corrected chi connectivity index (χ3v) is 3.98. The van der Waals surface area contributed by atoms with E-state index in [9.17, 15) is 9.59 Å². The van der Waals surface area contributed by atoms with Crippen molar-refractivity contribution in [2.75, 3.05) is 13.1 Å². The maximum atomic E-state index is 12.0. The summed E-state index contributed by atoms with van der Waals surface area (Å²) >= 11 is 0. The van der Waals surface area contributed by atoms with Gasteiger partial charge in [0.2, 0.25) is 0 Å². The molecule has 0 aliphatic heterocycles. The molecule has 104 valence electrons. The second-order valence-corrected chi connectivity index (χ2v) is 6.18. The first-order valence-electron chi connectivity index (χ1n) is 6.41. The van der Waals surface area contributed by atoms with E-state index in [1.165, 1.54) is 4.90 Å². The minimum absolute atomic E-state index is 0.299. The molecule has 0 aromatic rings. The van der Waals surface area contributed by atoms with Crippen molar-refractivity contribution in [3.05, 3.63) is 0 Å². The maximum absolute atomic E-state index is 12.0. The quantitative estimate of drug-likeness (QED) is 0.789. The molecule has 5 heteroatoms. The highest BCUT2D eigenvalue weighted by Gasteiger charge is 2.46.